The average molecular weight is 424 g/mol. The van der Waals surface area contributed by atoms with E-state index in [9.17, 15) is 14.7 Å². The van der Waals surface area contributed by atoms with Crippen molar-refractivity contribution in [2.75, 3.05) is 13.2 Å². The number of nitrogens with zero attached hydrogens (tertiary/aromatic N) is 1. The monoisotopic (exact) mass is 423 g/mol. The number of aliphatic hydroxyl groups is 1. The van der Waals surface area contributed by atoms with E-state index in [0.29, 0.717) is 36.6 Å². The maximum atomic E-state index is 13.0. The number of likely N-dealkylation sites (tertiary alicyclic amines) is 1. The molecule has 1 fully saturated rings. The fourth-order valence-electron chi connectivity index (χ4n) is 3.76. The molecule has 0 saturated carbocycles. The lowest BCUT2D eigenvalue weighted by atomic mass is 9.95. The minimum Gasteiger partial charge on any atom is -0.507 e. The van der Waals surface area contributed by atoms with Crippen molar-refractivity contribution in [2.24, 2.45) is 0 Å². The van der Waals surface area contributed by atoms with Crippen molar-refractivity contribution in [3.05, 3.63) is 65.2 Å². The molecular formula is C25H29NO5. The summed E-state index contributed by atoms with van der Waals surface area (Å²) in [5.41, 5.74) is 1.26. The molecule has 6 nitrogen and oxygen atoms in total. The van der Waals surface area contributed by atoms with Gasteiger partial charge in [-0.05, 0) is 57.0 Å². The lowest BCUT2D eigenvalue weighted by Crippen LogP contribution is -2.30. The number of ether oxygens (including phenoxy) is 2. The molecule has 2 aromatic carbocycles. The highest BCUT2D eigenvalue weighted by Gasteiger charge is 2.45. The molecule has 1 amide bonds. The van der Waals surface area contributed by atoms with Crippen LogP contribution in [0.1, 0.15) is 51.3 Å². The number of hydrogen-bond acceptors (Lipinski definition) is 5. The molecule has 1 heterocycles. The molecule has 0 aromatic heterocycles. The Morgan fingerprint density at radius 1 is 1.06 bits per heavy atom. The summed E-state index contributed by atoms with van der Waals surface area (Å²) in [6.45, 7) is 8.63. The van der Waals surface area contributed by atoms with Crippen LogP contribution in [-0.4, -0.2) is 41.0 Å². The van der Waals surface area contributed by atoms with E-state index in [0.717, 1.165) is 5.56 Å². The van der Waals surface area contributed by atoms with Crippen molar-refractivity contribution < 1.29 is 24.2 Å². The van der Waals surface area contributed by atoms with Crippen LogP contribution in [-0.2, 0) is 9.59 Å². The number of rotatable bonds is 8. The summed E-state index contributed by atoms with van der Waals surface area (Å²) in [4.78, 5) is 27.3. The van der Waals surface area contributed by atoms with Crippen molar-refractivity contribution >= 4 is 17.4 Å². The van der Waals surface area contributed by atoms with E-state index in [-0.39, 0.29) is 17.4 Å². The van der Waals surface area contributed by atoms with Gasteiger partial charge in [0.05, 0.1) is 24.3 Å². The van der Waals surface area contributed by atoms with Crippen molar-refractivity contribution in [2.45, 2.75) is 46.3 Å². The summed E-state index contributed by atoms with van der Waals surface area (Å²) in [6, 6.07) is 13.5. The smallest absolute Gasteiger partial charge is 0.295 e. The van der Waals surface area contributed by atoms with E-state index in [2.05, 4.69) is 0 Å². The quantitative estimate of drug-likeness (QED) is 0.378. The molecule has 164 valence electrons. The SMILES string of the molecule is CCCN1C(=O)C(=O)/C(=C(\O)c2cccc(OC(C)C)c2)C1c1ccc(OCC)cc1. The summed E-state index contributed by atoms with van der Waals surface area (Å²) in [7, 11) is 0. The molecule has 0 aliphatic carbocycles. The highest BCUT2D eigenvalue weighted by atomic mass is 16.5. The van der Waals surface area contributed by atoms with E-state index in [1.807, 2.05) is 52.0 Å². The number of amides is 1. The van der Waals surface area contributed by atoms with Crippen LogP contribution in [0.2, 0.25) is 0 Å². The third kappa shape index (κ3) is 4.74. The molecule has 1 aliphatic heterocycles. The van der Waals surface area contributed by atoms with Gasteiger partial charge in [0.2, 0.25) is 0 Å². The van der Waals surface area contributed by atoms with E-state index >= 15 is 0 Å². The van der Waals surface area contributed by atoms with Crippen molar-refractivity contribution in [3.8, 4) is 11.5 Å². The Morgan fingerprint density at radius 2 is 1.77 bits per heavy atom. The number of hydrogen-bond donors (Lipinski definition) is 1. The molecule has 1 saturated heterocycles. The minimum atomic E-state index is -0.681. The molecule has 31 heavy (non-hydrogen) atoms. The zero-order valence-electron chi connectivity index (χ0n) is 18.4. The summed E-state index contributed by atoms with van der Waals surface area (Å²) in [5, 5.41) is 11.1. The molecule has 0 spiro atoms. The highest BCUT2D eigenvalue weighted by Crippen LogP contribution is 2.40. The van der Waals surface area contributed by atoms with Gasteiger partial charge in [0, 0.05) is 12.1 Å². The number of carbonyl (C=O) groups is 2. The predicted molar refractivity (Wildman–Crippen MR) is 119 cm³/mol. The molecule has 0 radical (unpaired) electrons. The Bertz CT molecular complexity index is 978. The molecule has 3 rings (SSSR count). The van der Waals surface area contributed by atoms with E-state index in [1.165, 1.54) is 4.90 Å². The van der Waals surface area contributed by atoms with Gasteiger partial charge in [-0.2, -0.15) is 0 Å². The molecule has 1 aliphatic rings. The van der Waals surface area contributed by atoms with Gasteiger partial charge in [-0.15, -0.1) is 0 Å². The van der Waals surface area contributed by atoms with Gasteiger partial charge in [-0.1, -0.05) is 31.2 Å². The highest BCUT2D eigenvalue weighted by molar-refractivity contribution is 6.46. The van der Waals surface area contributed by atoms with Gasteiger partial charge in [0.15, 0.2) is 0 Å². The second kappa shape index (κ2) is 9.69. The second-order valence-electron chi connectivity index (χ2n) is 7.69. The zero-order chi connectivity index (χ0) is 22.5. The van der Waals surface area contributed by atoms with Crippen molar-refractivity contribution in [1.82, 2.24) is 4.90 Å². The van der Waals surface area contributed by atoms with Gasteiger partial charge >= 0.3 is 0 Å². The van der Waals surface area contributed by atoms with Crippen LogP contribution in [0.5, 0.6) is 11.5 Å². The summed E-state index contributed by atoms with van der Waals surface area (Å²) < 4.78 is 11.2. The van der Waals surface area contributed by atoms with Crippen molar-refractivity contribution in [1.29, 1.82) is 0 Å². The standard InChI is InChI=1S/C25H29NO5/c1-5-14-26-22(17-10-12-19(13-11-17)30-6-2)21(24(28)25(26)29)23(27)18-8-7-9-20(15-18)31-16(3)4/h7-13,15-16,22,27H,5-6,14H2,1-4H3/b23-21-. The molecule has 6 heteroatoms. The maximum absolute atomic E-state index is 13.0. The molecule has 2 aromatic rings. The molecule has 1 N–H and O–H groups in total. The lowest BCUT2D eigenvalue weighted by Gasteiger charge is -2.25. The normalized spacial score (nSPS) is 18.0. The largest absolute Gasteiger partial charge is 0.507 e. The van der Waals surface area contributed by atoms with Crippen LogP contribution >= 0.6 is 0 Å². The number of carbonyl (C=O) groups excluding carboxylic acids is 2. The Balaban J connectivity index is 2.10. The third-order valence-corrected chi connectivity index (χ3v) is 4.99. The van der Waals surface area contributed by atoms with Gasteiger partial charge in [0.1, 0.15) is 17.3 Å². The van der Waals surface area contributed by atoms with Crippen LogP contribution < -0.4 is 9.47 Å². The van der Waals surface area contributed by atoms with E-state index < -0.39 is 17.7 Å². The van der Waals surface area contributed by atoms with Crippen molar-refractivity contribution in [3.63, 3.8) is 0 Å². The van der Waals surface area contributed by atoms with Gasteiger partial charge in [0.25, 0.3) is 11.7 Å². The second-order valence-corrected chi connectivity index (χ2v) is 7.69. The topological polar surface area (TPSA) is 76.1 Å². The first kappa shape index (κ1) is 22.4. The number of aliphatic hydroxyl groups excluding tert-OH is 1. The first-order chi connectivity index (χ1) is 14.9. The van der Waals surface area contributed by atoms with E-state index in [1.54, 1.807) is 24.3 Å². The van der Waals surface area contributed by atoms with Crippen LogP contribution in [0.25, 0.3) is 5.76 Å². The fraction of sp³-hybridized carbons (Fsp3) is 0.360. The number of Topliss-reactive ketones (excluding diaryl/α,β-unsaturated/α-hetero) is 1. The third-order valence-electron chi connectivity index (χ3n) is 4.99. The minimum absolute atomic E-state index is 0.0311. The maximum Gasteiger partial charge on any atom is 0.295 e. The first-order valence-corrected chi connectivity index (χ1v) is 10.7. The fourth-order valence-corrected chi connectivity index (χ4v) is 3.76. The summed E-state index contributed by atoms with van der Waals surface area (Å²) >= 11 is 0. The van der Waals surface area contributed by atoms with E-state index in [4.69, 9.17) is 9.47 Å². The van der Waals surface area contributed by atoms with Gasteiger partial charge in [-0.25, -0.2) is 0 Å². The average Bonchev–Trinajstić information content (AvgIpc) is 2.99. The first-order valence-electron chi connectivity index (χ1n) is 10.7. The van der Waals surface area contributed by atoms with Crippen LogP contribution in [0.4, 0.5) is 0 Å². The van der Waals surface area contributed by atoms with Gasteiger partial charge < -0.3 is 19.5 Å². The van der Waals surface area contributed by atoms with Crippen LogP contribution in [0.3, 0.4) is 0 Å². The molecule has 1 unspecified atom stereocenters. The van der Waals surface area contributed by atoms with Crippen LogP contribution in [0.15, 0.2) is 54.1 Å². The zero-order valence-corrected chi connectivity index (χ0v) is 18.4. The van der Waals surface area contributed by atoms with Gasteiger partial charge in [-0.3, -0.25) is 9.59 Å². The molecule has 1 atom stereocenters. The number of benzene rings is 2. The summed E-state index contributed by atoms with van der Waals surface area (Å²) in [6.07, 6.45) is 0.662. The Hall–Kier alpha value is -3.28. The summed E-state index contributed by atoms with van der Waals surface area (Å²) in [5.74, 6) is -0.196. The molecule has 0 bridgehead atoms. The Labute approximate surface area is 183 Å². The molecular weight excluding hydrogens is 394 g/mol. The Kier molecular flexibility index (Phi) is 7.00. The lowest BCUT2D eigenvalue weighted by molar-refractivity contribution is -0.139. The predicted octanol–water partition coefficient (Wildman–Crippen LogP) is 4.70. The number of ketones is 1. The Morgan fingerprint density at radius 3 is 2.39 bits per heavy atom. The van der Waals surface area contributed by atoms with Crippen LogP contribution in [0, 0.1) is 0 Å².